The largest absolute Gasteiger partial charge is 0.471 e. The van der Waals surface area contributed by atoms with E-state index >= 15 is 0 Å². The molecule has 0 aliphatic heterocycles. The summed E-state index contributed by atoms with van der Waals surface area (Å²) < 4.78 is 5.88. The summed E-state index contributed by atoms with van der Waals surface area (Å²) in [7, 11) is 0. The maximum Gasteiger partial charge on any atom is 0.405 e. The lowest BCUT2D eigenvalue weighted by molar-refractivity contribution is -0.126. The fraction of sp³-hybridized carbons (Fsp3) is 0.500. The van der Waals surface area contributed by atoms with Crippen molar-refractivity contribution in [3.05, 3.63) is 23.9 Å². The second-order valence-electron chi connectivity index (χ2n) is 5.73. The molecular weight excluding hydrogens is 274 g/mol. The standard InChI is InChI=1S/C14H17N3O4/c15-11(18)8-3-1-6-16-12(8)21-10-9(17-13(19)20)7-14(10)4-2-5-14/h1,3,6,9-10,17H,2,4-5,7H2,(H2,15,18)(H,19,20). The number of amides is 2. The molecule has 0 aromatic carbocycles. The number of carbonyl (C=O) groups excluding carboxylic acids is 1. The van der Waals surface area contributed by atoms with Crippen molar-refractivity contribution in [1.29, 1.82) is 0 Å². The van der Waals surface area contributed by atoms with E-state index in [0.29, 0.717) is 0 Å². The van der Waals surface area contributed by atoms with Gasteiger partial charge in [0.1, 0.15) is 11.7 Å². The summed E-state index contributed by atoms with van der Waals surface area (Å²) in [6.07, 6.45) is 4.05. The Kier molecular flexibility index (Phi) is 3.19. The van der Waals surface area contributed by atoms with E-state index < -0.39 is 12.0 Å². The molecule has 112 valence electrons. The number of rotatable bonds is 4. The lowest BCUT2D eigenvalue weighted by Gasteiger charge is -2.59. The van der Waals surface area contributed by atoms with Crippen molar-refractivity contribution >= 4 is 12.0 Å². The molecule has 2 saturated carbocycles. The SMILES string of the molecule is NC(=O)c1cccnc1OC1C(NC(=O)O)CC12CCC2. The Labute approximate surface area is 121 Å². The Balaban J connectivity index is 1.81. The number of carboxylic acid groups (broad SMARTS) is 1. The fourth-order valence-electron chi connectivity index (χ4n) is 3.33. The van der Waals surface area contributed by atoms with Crippen LogP contribution in [0.2, 0.25) is 0 Å². The van der Waals surface area contributed by atoms with E-state index in [1.54, 1.807) is 12.1 Å². The predicted molar refractivity (Wildman–Crippen MR) is 73.0 cm³/mol. The molecule has 1 heterocycles. The van der Waals surface area contributed by atoms with Gasteiger partial charge in [-0.05, 0) is 31.4 Å². The van der Waals surface area contributed by atoms with Gasteiger partial charge in [-0.3, -0.25) is 4.79 Å². The molecule has 2 unspecified atom stereocenters. The number of aromatic nitrogens is 1. The first kappa shape index (κ1) is 13.7. The average Bonchev–Trinajstić information content (AvgIpc) is 2.38. The summed E-state index contributed by atoms with van der Waals surface area (Å²) in [5.74, 6) is -0.430. The first-order chi connectivity index (χ1) is 10.0. The van der Waals surface area contributed by atoms with E-state index in [1.165, 1.54) is 6.20 Å². The molecule has 3 rings (SSSR count). The number of ether oxygens (including phenoxy) is 1. The first-order valence-corrected chi connectivity index (χ1v) is 6.93. The molecular formula is C14H17N3O4. The van der Waals surface area contributed by atoms with Crippen LogP contribution in [0.25, 0.3) is 0 Å². The van der Waals surface area contributed by atoms with Crippen LogP contribution in [-0.2, 0) is 0 Å². The molecule has 1 spiro atoms. The quantitative estimate of drug-likeness (QED) is 0.769. The topological polar surface area (TPSA) is 115 Å². The van der Waals surface area contributed by atoms with Gasteiger partial charge in [0, 0.05) is 11.6 Å². The van der Waals surface area contributed by atoms with Crippen molar-refractivity contribution in [1.82, 2.24) is 10.3 Å². The van der Waals surface area contributed by atoms with Crippen LogP contribution in [0.15, 0.2) is 18.3 Å². The number of hydrogen-bond acceptors (Lipinski definition) is 4. The zero-order chi connectivity index (χ0) is 15.0. The number of nitrogens with one attached hydrogen (secondary N) is 1. The molecule has 0 radical (unpaired) electrons. The Hall–Kier alpha value is -2.31. The van der Waals surface area contributed by atoms with Crippen LogP contribution in [0.3, 0.4) is 0 Å². The molecule has 7 nitrogen and oxygen atoms in total. The molecule has 0 bridgehead atoms. The molecule has 2 aliphatic rings. The Bertz CT molecular complexity index is 585. The third-order valence-electron chi connectivity index (χ3n) is 4.53. The highest BCUT2D eigenvalue weighted by Crippen LogP contribution is 2.57. The number of primary amides is 1. The minimum Gasteiger partial charge on any atom is -0.471 e. The number of nitrogens with zero attached hydrogens (tertiary/aromatic N) is 1. The van der Waals surface area contributed by atoms with Gasteiger partial charge >= 0.3 is 6.09 Å². The molecule has 2 aliphatic carbocycles. The van der Waals surface area contributed by atoms with E-state index in [0.717, 1.165) is 25.7 Å². The molecule has 21 heavy (non-hydrogen) atoms. The van der Waals surface area contributed by atoms with Crippen LogP contribution in [0.1, 0.15) is 36.0 Å². The lowest BCUT2D eigenvalue weighted by atomic mass is 9.52. The van der Waals surface area contributed by atoms with E-state index in [2.05, 4.69) is 10.3 Å². The van der Waals surface area contributed by atoms with Crippen LogP contribution < -0.4 is 15.8 Å². The highest BCUT2D eigenvalue weighted by Gasteiger charge is 2.59. The van der Waals surface area contributed by atoms with Crippen molar-refractivity contribution in [2.24, 2.45) is 11.1 Å². The van der Waals surface area contributed by atoms with Crippen molar-refractivity contribution in [3.8, 4) is 5.88 Å². The normalized spacial score (nSPS) is 25.5. The highest BCUT2D eigenvalue weighted by molar-refractivity contribution is 5.94. The molecule has 2 fully saturated rings. The second kappa shape index (κ2) is 4.91. The van der Waals surface area contributed by atoms with Crippen molar-refractivity contribution in [2.45, 2.75) is 37.8 Å². The van der Waals surface area contributed by atoms with Gasteiger partial charge in [-0.25, -0.2) is 9.78 Å². The van der Waals surface area contributed by atoms with Gasteiger partial charge in [0.2, 0.25) is 5.88 Å². The summed E-state index contributed by atoms with van der Waals surface area (Å²) in [6, 6.07) is 2.89. The van der Waals surface area contributed by atoms with Gasteiger partial charge in [-0.1, -0.05) is 6.42 Å². The van der Waals surface area contributed by atoms with Crippen molar-refractivity contribution in [2.75, 3.05) is 0 Å². The summed E-state index contributed by atoms with van der Waals surface area (Å²) >= 11 is 0. The Morgan fingerprint density at radius 2 is 2.24 bits per heavy atom. The number of nitrogens with two attached hydrogens (primary N) is 1. The molecule has 1 aromatic heterocycles. The van der Waals surface area contributed by atoms with Crippen molar-refractivity contribution < 1.29 is 19.4 Å². The Morgan fingerprint density at radius 3 is 2.81 bits per heavy atom. The monoisotopic (exact) mass is 291 g/mol. The smallest absolute Gasteiger partial charge is 0.405 e. The molecule has 2 amide bonds. The van der Waals surface area contributed by atoms with Gasteiger partial charge < -0.3 is 20.9 Å². The maximum atomic E-state index is 11.4. The zero-order valence-corrected chi connectivity index (χ0v) is 11.4. The van der Waals surface area contributed by atoms with Gasteiger partial charge in [0.05, 0.1) is 6.04 Å². The Morgan fingerprint density at radius 1 is 1.48 bits per heavy atom. The summed E-state index contributed by atoms with van der Waals surface area (Å²) in [5, 5.41) is 11.3. The van der Waals surface area contributed by atoms with E-state index in [-0.39, 0.29) is 29.0 Å². The average molecular weight is 291 g/mol. The fourth-order valence-corrected chi connectivity index (χ4v) is 3.33. The first-order valence-electron chi connectivity index (χ1n) is 6.93. The van der Waals surface area contributed by atoms with Gasteiger partial charge in [0.25, 0.3) is 5.91 Å². The minimum atomic E-state index is -1.07. The molecule has 2 atom stereocenters. The third kappa shape index (κ3) is 2.28. The predicted octanol–water partition coefficient (Wildman–Crippen LogP) is 1.14. The lowest BCUT2D eigenvalue weighted by Crippen LogP contribution is -2.67. The summed E-state index contributed by atoms with van der Waals surface area (Å²) in [6.45, 7) is 0. The highest BCUT2D eigenvalue weighted by atomic mass is 16.5. The van der Waals surface area contributed by atoms with Crippen LogP contribution in [0.4, 0.5) is 4.79 Å². The summed E-state index contributed by atoms with van der Waals surface area (Å²) in [4.78, 5) is 26.3. The summed E-state index contributed by atoms with van der Waals surface area (Å²) in [5.41, 5.74) is 5.54. The molecule has 4 N–H and O–H groups in total. The van der Waals surface area contributed by atoms with E-state index in [9.17, 15) is 9.59 Å². The third-order valence-corrected chi connectivity index (χ3v) is 4.53. The number of hydrogen-bond donors (Lipinski definition) is 3. The zero-order valence-electron chi connectivity index (χ0n) is 11.4. The van der Waals surface area contributed by atoms with Crippen LogP contribution in [0, 0.1) is 5.41 Å². The second-order valence-corrected chi connectivity index (χ2v) is 5.73. The van der Waals surface area contributed by atoms with E-state index in [1.807, 2.05) is 0 Å². The van der Waals surface area contributed by atoms with Crippen LogP contribution >= 0.6 is 0 Å². The maximum absolute atomic E-state index is 11.4. The van der Waals surface area contributed by atoms with Crippen LogP contribution in [0.5, 0.6) is 5.88 Å². The van der Waals surface area contributed by atoms with Crippen molar-refractivity contribution in [3.63, 3.8) is 0 Å². The van der Waals surface area contributed by atoms with E-state index in [4.69, 9.17) is 15.6 Å². The molecule has 7 heteroatoms. The number of carbonyl (C=O) groups is 2. The van der Waals surface area contributed by atoms with Gasteiger partial charge in [-0.15, -0.1) is 0 Å². The van der Waals surface area contributed by atoms with Crippen LogP contribution in [-0.4, -0.2) is 34.2 Å². The van der Waals surface area contributed by atoms with Gasteiger partial charge in [0.15, 0.2) is 0 Å². The van der Waals surface area contributed by atoms with Gasteiger partial charge in [-0.2, -0.15) is 0 Å². The minimum absolute atomic E-state index is 0.0134. The molecule has 0 saturated heterocycles. The number of pyridine rings is 1. The molecule has 1 aromatic rings.